The molecule has 1 aromatic heterocycles. The van der Waals surface area contributed by atoms with Crippen molar-refractivity contribution in [3.05, 3.63) is 42.6 Å². The van der Waals surface area contributed by atoms with Crippen LogP contribution in [0.1, 0.15) is 6.42 Å². The molecule has 1 aromatic carbocycles. The van der Waals surface area contributed by atoms with E-state index in [0.29, 0.717) is 12.5 Å². The lowest BCUT2D eigenvalue weighted by Gasteiger charge is -2.08. The molecule has 0 N–H and O–H groups in total. The van der Waals surface area contributed by atoms with Crippen LogP contribution in [0, 0.1) is 0 Å². The van der Waals surface area contributed by atoms with Crippen molar-refractivity contribution >= 4 is 0 Å². The first-order valence-corrected chi connectivity index (χ1v) is 6.14. The molecule has 0 spiro atoms. The van der Waals surface area contributed by atoms with Crippen LogP contribution in [0.15, 0.2) is 42.6 Å². The second-order valence-corrected chi connectivity index (χ2v) is 4.44. The Morgan fingerprint density at radius 3 is 2.67 bits per heavy atom. The first-order valence-electron chi connectivity index (χ1n) is 6.14. The Bertz CT molecular complexity index is 465. The summed E-state index contributed by atoms with van der Waals surface area (Å²) < 4.78 is 7.42. The molecule has 0 aliphatic heterocycles. The zero-order valence-electron chi connectivity index (χ0n) is 10.9. The van der Waals surface area contributed by atoms with Crippen molar-refractivity contribution in [3.63, 3.8) is 0 Å². The van der Waals surface area contributed by atoms with Crippen molar-refractivity contribution in [1.82, 2.24) is 14.7 Å². The van der Waals surface area contributed by atoms with E-state index in [1.165, 1.54) is 0 Å². The van der Waals surface area contributed by atoms with Gasteiger partial charge in [-0.2, -0.15) is 0 Å². The van der Waals surface area contributed by atoms with Gasteiger partial charge in [0.1, 0.15) is 0 Å². The van der Waals surface area contributed by atoms with Gasteiger partial charge in [0, 0.05) is 18.8 Å². The smallest absolute Gasteiger partial charge is 0.233 e. The number of hydrogen-bond donors (Lipinski definition) is 0. The summed E-state index contributed by atoms with van der Waals surface area (Å²) in [5, 5.41) is 4.38. The fraction of sp³-hybridized carbons (Fsp3) is 0.357. The molecule has 0 fully saturated rings. The minimum absolute atomic E-state index is 0.678. The molecule has 18 heavy (non-hydrogen) atoms. The van der Waals surface area contributed by atoms with E-state index in [2.05, 4.69) is 24.1 Å². The third-order valence-electron chi connectivity index (χ3n) is 2.58. The molecule has 2 aromatic rings. The Hall–Kier alpha value is -1.81. The topological polar surface area (TPSA) is 30.3 Å². The SMILES string of the molecule is CN(C)CCCOc1ccn(-c2ccccc2)n1. The Kier molecular flexibility index (Phi) is 4.36. The van der Waals surface area contributed by atoms with E-state index in [1.54, 1.807) is 0 Å². The van der Waals surface area contributed by atoms with Gasteiger partial charge < -0.3 is 9.64 Å². The molecular formula is C14H19N3O. The third-order valence-corrected chi connectivity index (χ3v) is 2.58. The van der Waals surface area contributed by atoms with Crippen molar-refractivity contribution in [2.75, 3.05) is 27.2 Å². The molecule has 0 unspecified atom stereocenters. The van der Waals surface area contributed by atoms with Crippen molar-refractivity contribution in [3.8, 4) is 11.6 Å². The lowest BCUT2D eigenvalue weighted by atomic mass is 10.3. The average Bonchev–Trinajstić information content (AvgIpc) is 2.84. The number of rotatable bonds is 6. The average molecular weight is 245 g/mol. The largest absolute Gasteiger partial charge is 0.477 e. The van der Waals surface area contributed by atoms with E-state index in [9.17, 15) is 0 Å². The summed E-state index contributed by atoms with van der Waals surface area (Å²) in [6.07, 6.45) is 2.92. The van der Waals surface area contributed by atoms with Gasteiger partial charge in [0.25, 0.3) is 0 Å². The van der Waals surface area contributed by atoms with Crippen LogP contribution < -0.4 is 4.74 Å². The van der Waals surface area contributed by atoms with Gasteiger partial charge in [-0.05, 0) is 32.6 Å². The van der Waals surface area contributed by atoms with Crippen LogP contribution in [0.5, 0.6) is 5.88 Å². The summed E-state index contributed by atoms with van der Waals surface area (Å²) in [4.78, 5) is 2.14. The number of para-hydroxylation sites is 1. The fourth-order valence-corrected chi connectivity index (χ4v) is 1.67. The summed E-state index contributed by atoms with van der Waals surface area (Å²) in [5.41, 5.74) is 1.04. The normalized spacial score (nSPS) is 10.8. The highest BCUT2D eigenvalue weighted by Crippen LogP contribution is 2.11. The van der Waals surface area contributed by atoms with Gasteiger partial charge in [-0.1, -0.05) is 18.2 Å². The predicted molar refractivity (Wildman–Crippen MR) is 72.2 cm³/mol. The quantitative estimate of drug-likeness (QED) is 0.731. The van der Waals surface area contributed by atoms with E-state index >= 15 is 0 Å². The maximum atomic E-state index is 5.60. The number of hydrogen-bond acceptors (Lipinski definition) is 3. The van der Waals surface area contributed by atoms with Gasteiger partial charge in [0.2, 0.25) is 5.88 Å². The van der Waals surface area contributed by atoms with Crippen LogP contribution >= 0.6 is 0 Å². The highest BCUT2D eigenvalue weighted by molar-refractivity contribution is 5.31. The van der Waals surface area contributed by atoms with Crippen molar-refractivity contribution in [2.45, 2.75) is 6.42 Å². The molecule has 0 amide bonds. The van der Waals surface area contributed by atoms with Crippen molar-refractivity contribution < 1.29 is 4.74 Å². The molecule has 0 bridgehead atoms. The minimum Gasteiger partial charge on any atom is -0.477 e. The lowest BCUT2D eigenvalue weighted by molar-refractivity contribution is 0.272. The van der Waals surface area contributed by atoms with Crippen LogP contribution in [0.3, 0.4) is 0 Å². The maximum absolute atomic E-state index is 5.60. The van der Waals surface area contributed by atoms with Crippen molar-refractivity contribution in [1.29, 1.82) is 0 Å². The lowest BCUT2D eigenvalue weighted by Crippen LogP contribution is -2.15. The van der Waals surface area contributed by atoms with Gasteiger partial charge in [-0.3, -0.25) is 0 Å². The summed E-state index contributed by atoms with van der Waals surface area (Å²) in [7, 11) is 4.12. The number of ether oxygens (including phenoxy) is 1. The molecule has 4 heteroatoms. The molecule has 0 atom stereocenters. The van der Waals surface area contributed by atoms with E-state index in [4.69, 9.17) is 4.74 Å². The highest BCUT2D eigenvalue weighted by atomic mass is 16.5. The fourth-order valence-electron chi connectivity index (χ4n) is 1.67. The molecule has 0 aliphatic rings. The van der Waals surface area contributed by atoms with Gasteiger partial charge >= 0.3 is 0 Å². The molecule has 1 heterocycles. The number of aromatic nitrogens is 2. The van der Waals surface area contributed by atoms with Crippen LogP contribution in [0.4, 0.5) is 0 Å². The van der Waals surface area contributed by atoms with Gasteiger partial charge in [-0.25, -0.2) is 4.68 Å². The Labute approximate surface area is 108 Å². The van der Waals surface area contributed by atoms with Crippen molar-refractivity contribution in [2.24, 2.45) is 0 Å². The minimum atomic E-state index is 0.678. The Morgan fingerprint density at radius 2 is 1.94 bits per heavy atom. The highest BCUT2D eigenvalue weighted by Gasteiger charge is 2.01. The van der Waals surface area contributed by atoms with Gasteiger partial charge in [0.15, 0.2) is 0 Å². The van der Waals surface area contributed by atoms with Crippen LogP contribution in [0.25, 0.3) is 5.69 Å². The predicted octanol–water partition coefficient (Wildman–Crippen LogP) is 2.20. The molecule has 0 radical (unpaired) electrons. The van der Waals surface area contributed by atoms with E-state index < -0.39 is 0 Å². The first kappa shape index (κ1) is 12.6. The van der Waals surface area contributed by atoms with Crippen LogP contribution in [0.2, 0.25) is 0 Å². The molecule has 0 saturated heterocycles. The van der Waals surface area contributed by atoms with E-state index in [0.717, 1.165) is 18.7 Å². The zero-order valence-corrected chi connectivity index (χ0v) is 10.9. The third kappa shape index (κ3) is 3.60. The Morgan fingerprint density at radius 1 is 1.17 bits per heavy atom. The molecule has 0 saturated carbocycles. The summed E-state index contributed by atoms with van der Waals surface area (Å²) >= 11 is 0. The second-order valence-electron chi connectivity index (χ2n) is 4.44. The zero-order chi connectivity index (χ0) is 12.8. The first-order chi connectivity index (χ1) is 8.75. The molecule has 4 nitrogen and oxygen atoms in total. The molecule has 2 rings (SSSR count). The molecule has 0 aliphatic carbocycles. The van der Waals surface area contributed by atoms with Crippen LogP contribution in [-0.4, -0.2) is 41.9 Å². The standard InChI is InChI=1S/C14H19N3O/c1-16(2)10-6-12-18-14-9-11-17(15-14)13-7-4-3-5-8-13/h3-5,7-9,11H,6,10,12H2,1-2H3. The molecular weight excluding hydrogens is 226 g/mol. The molecule has 96 valence electrons. The number of nitrogens with zero attached hydrogens (tertiary/aromatic N) is 3. The van der Waals surface area contributed by atoms with Gasteiger partial charge in [0.05, 0.1) is 12.3 Å². The number of benzene rings is 1. The summed E-state index contributed by atoms with van der Waals surface area (Å²) in [5.74, 6) is 0.678. The second kappa shape index (κ2) is 6.21. The van der Waals surface area contributed by atoms with Crippen LogP contribution in [-0.2, 0) is 0 Å². The van der Waals surface area contributed by atoms with Gasteiger partial charge in [-0.15, -0.1) is 5.10 Å². The maximum Gasteiger partial charge on any atom is 0.233 e. The summed E-state index contributed by atoms with van der Waals surface area (Å²) in [6, 6.07) is 11.9. The van der Waals surface area contributed by atoms with E-state index in [1.807, 2.05) is 47.3 Å². The monoisotopic (exact) mass is 245 g/mol. The van der Waals surface area contributed by atoms with E-state index in [-0.39, 0.29) is 0 Å². The summed E-state index contributed by atoms with van der Waals surface area (Å²) in [6.45, 7) is 1.73. The Balaban J connectivity index is 1.87.